The fourth-order valence-electron chi connectivity index (χ4n) is 2.94. The van der Waals surface area contributed by atoms with Gasteiger partial charge in [-0.25, -0.2) is 0 Å². The molecule has 1 aliphatic rings. The van der Waals surface area contributed by atoms with Crippen molar-refractivity contribution in [3.05, 3.63) is 48.0 Å². The van der Waals surface area contributed by atoms with E-state index >= 15 is 0 Å². The molecule has 6 heteroatoms. The molecule has 6 nitrogen and oxygen atoms in total. The highest BCUT2D eigenvalue weighted by Gasteiger charge is 2.26. The van der Waals surface area contributed by atoms with Gasteiger partial charge in [-0.3, -0.25) is 9.59 Å². The van der Waals surface area contributed by atoms with Gasteiger partial charge in [-0.2, -0.15) is 0 Å². The van der Waals surface area contributed by atoms with Gasteiger partial charge in [0, 0.05) is 24.1 Å². The number of hydrogen-bond donors (Lipinski definition) is 3. The van der Waals surface area contributed by atoms with Gasteiger partial charge >= 0.3 is 0 Å². The Labute approximate surface area is 146 Å². The summed E-state index contributed by atoms with van der Waals surface area (Å²) in [6, 6.07) is 12.8. The van der Waals surface area contributed by atoms with E-state index in [1.54, 1.807) is 25.3 Å². The zero-order valence-electron chi connectivity index (χ0n) is 14.0. The van der Waals surface area contributed by atoms with E-state index in [1.165, 1.54) is 0 Å². The summed E-state index contributed by atoms with van der Waals surface area (Å²) in [7, 11) is 1.55. The third kappa shape index (κ3) is 3.91. The molecule has 0 saturated carbocycles. The first-order valence-electron chi connectivity index (χ1n) is 8.19. The number of methoxy groups -OCH3 is 1. The van der Waals surface area contributed by atoms with Crippen LogP contribution in [-0.2, 0) is 16.0 Å². The molecule has 1 atom stereocenters. The molecule has 0 spiro atoms. The van der Waals surface area contributed by atoms with Crippen LogP contribution in [0, 0.1) is 5.92 Å². The fourth-order valence-corrected chi connectivity index (χ4v) is 2.94. The number of nitrogens with one attached hydrogen (secondary N) is 2. The lowest BCUT2D eigenvalue weighted by Crippen LogP contribution is -2.30. The van der Waals surface area contributed by atoms with Gasteiger partial charge in [0.2, 0.25) is 11.8 Å². The third-order valence-electron chi connectivity index (χ3n) is 4.37. The number of para-hydroxylation sites is 1. The van der Waals surface area contributed by atoms with Crippen LogP contribution in [0.3, 0.4) is 0 Å². The topological polar surface area (TPSA) is 93.4 Å². The van der Waals surface area contributed by atoms with Gasteiger partial charge in [0.1, 0.15) is 5.75 Å². The van der Waals surface area contributed by atoms with Crippen LogP contribution in [0.5, 0.6) is 5.75 Å². The molecular weight excluding hydrogens is 318 g/mol. The number of anilines is 3. The van der Waals surface area contributed by atoms with Crippen molar-refractivity contribution < 1.29 is 14.3 Å². The van der Waals surface area contributed by atoms with Crippen molar-refractivity contribution in [1.29, 1.82) is 0 Å². The maximum Gasteiger partial charge on any atom is 0.227 e. The lowest BCUT2D eigenvalue weighted by molar-refractivity contribution is -0.121. The summed E-state index contributed by atoms with van der Waals surface area (Å²) in [4.78, 5) is 24.4. The minimum atomic E-state index is -0.205. The minimum Gasteiger partial charge on any atom is -0.497 e. The second kappa shape index (κ2) is 7.25. The van der Waals surface area contributed by atoms with E-state index in [1.807, 2.05) is 24.3 Å². The van der Waals surface area contributed by atoms with Crippen molar-refractivity contribution in [1.82, 2.24) is 0 Å². The summed E-state index contributed by atoms with van der Waals surface area (Å²) in [6.45, 7) is 0. The molecule has 0 saturated heterocycles. The molecule has 0 aromatic heterocycles. The van der Waals surface area contributed by atoms with Crippen molar-refractivity contribution in [3.63, 3.8) is 0 Å². The fraction of sp³-hybridized carbons (Fsp3) is 0.263. The van der Waals surface area contributed by atoms with Crippen molar-refractivity contribution in [3.8, 4) is 5.75 Å². The van der Waals surface area contributed by atoms with Crippen LogP contribution in [0.2, 0.25) is 0 Å². The van der Waals surface area contributed by atoms with E-state index in [-0.39, 0.29) is 24.2 Å². The van der Waals surface area contributed by atoms with E-state index in [0.29, 0.717) is 30.0 Å². The van der Waals surface area contributed by atoms with E-state index in [4.69, 9.17) is 10.5 Å². The zero-order valence-corrected chi connectivity index (χ0v) is 14.0. The van der Waals surface area contributed by atoms with Crippen LogP contribution in [0.25, 0.3) is 0 Å². The van der Waals surface area contributed by atoms with Crippen molar-refractivity contribution in [2.45, 2.75) is 19.3 Å². The Kier molecular flexibility index (Phi) is 4.88. The second-order valence-electron chi connectivity index (χ2n) is 6.09. The van der Waals surface area contributed by atoms with Gasteiger partial charge in [-0.1, -0.05) is 18.2 Å². The molecule has 130 valence electrons. The number of rotatable bonds is 5. The first-order valence-corrected chi connectivity index (χ1v) is 8.19. The highest BCUT2D eigenvalue weighted by molar-refractivity contribution is 5.97. The van der Waals surface area contributed by atoms with Crippen LogP contribution in [0.15, 0.2) is 42.5 Å². The first kappa shape index (κ1) is 16.8. The standard InChI is InChI=1S/C19H21N3O3/c1-25-14-7-8-15(20)17(11-14)21-18(23)9-6-13-10-12-4-2-3-5-16(12)22-19(13)24/h2-5,7-8,11,13H,6,9-10,20H2,1H3,(H,21,23)(H,22,24). The average Bonchev–Trinajstić information content (AvgIpc) is 2.61. The lowest BCUT2D eigenvalue weighted by atomic mass is 9.89. The van der Waals surface area contributed by atoms with E-state index < -0.39 is 0 Å². The van der Waals surface area contributed by atoms with E-state index in [9.17, 15) is 9.59 Å². The molecule has 0 bridgehead atoms. The summed E-state index contributed by atoms with van der Waals surface area (Å²) in [5.74, 6) is 0.204. The Balaban J connectivity index is 1.59. The molecule has 1 heterocycles. The number of ether oxygens (including phenoxy) is 1. The highest BCUT2D eigenvalue weighted by Crippen LogP contribution is 2.28. The van der Waals surface area contributed by atoms with Crippen LogP contribution >= 0.6 is 0 Å². The summed E-state index contributed by atoms with van der Waals surface area (Å²) in [5.41, 5.74) is 8.82. The molecule has 0 radical (unpaired) electrons. The molecule has 4 N–H and O–H groups in total. The molecule has 0 aliphatic carbocycles. The second-order valence-corrected chi connectivity index (χ2v) is 6.09. The number of nitrogen functional groups attached to an aromatic ring is 1. The maximum absolute atomic E-state index is 12.2. The predicted molar refractivity (Wildman–Crippen MR) is 97.5 cm³/mol. The Morgan fingerprint density at radius 2 is 2.12 bits per heavy atom. The van der Waals surface area contributed by atoms with E-state index in [2.05, 4.69) is 10.6 Å². The predicted octanol–water partition coefficient (Wildman–Crippen LogP) is 2.81. The molecular formula is C19H21N3O3. The van der Waals surface area contributed by atoms with Gasteiger partial charge in [-0.05, 0) is 36.6 Å². The maximum atomic E-state index is 12.2. The van der Waals surface area contributed by atoms with E-state index in [0.717, 1.165) is 11.3 Å². The zero-order chi connectivity index (χ0) is 17.8. The SMILES string of the molecule is COc1ccc(N)c(NC(=O)CCC2Cc3ccccc3NC2=O)c1. The average molecular weight is 339 g/mol. The van der Waals surface area contributed by atoms with Crippen LogP contribution in [-0.4, -0.2) is 18.9 Å². The largest absolute Gasteiger partial charge is 0.497 e. The van der Waals surface area contributed by atoms with Gasteiger partial charge in [-0.15, -0.1) is 0 Å². The molecule has 25 heavy (non-hydrogen) atoms. The number of carbonyl (C=O) groups excluding carboxylic acids is 2. The molecule has 2 aromatic rings. The summed E-state index contributed by atoms with van der Waals surface area (Å²) in [6.07, 6.45) is 1.38. The van der Waals surface area contributed by atoms with Crippen LogP contribution < -0.4 is 21.1 Å². The monoisotopic (exact) mass is 339 g/mol. The van der Waals surface area contributed by atoms with Crippen molar-refractivity contribution >= 4 is 28.9 Å². The first-order chi connectivity index (χ1) is 12.1. The Morgan fingerprint density at radius 1 is 1.32 bits per heavy atom. The number of hydrogen-bond acceptors (Lipinski definition) is 4. The number of fused-ring (bicyclic) bond motifs is 1. The van der Waals surface area contributed by atoms with Crippen LogP contribution in [0.1, 0.15) is 18.4 Å². The molecule has 3 rings (SSSR count). The summed E-state index contributed by atoms with van der Waals surface area (Å²) < 4.78 is 5.13. The van der Waals surface area contributed by atoms with Crippen molar-refractivity contribution in [2.24, 2.45) is 5.92 Å². The Hall–Kier alpha value is -3.02. The number of nitrogens with two attached hydrogens (primary N) is 1. The van der Waals surface area contributed by atoms with Crippen molar-refractivity contribution in [2.75, 3.05) is 23.5 Å². The number of carbonyl (C=O) groups is 2. The minimum absolute atomic E-state index is 0.0348. The molecule has 2 aromatic carbocycles. The smallest absolute Gasteiger partial charge is 0.227 e. The number of benzene rings is 2. The Bertz CT molecular complexity index is 804. The quantitative estimate of drug-likeness (QED) is 0.730. The van der Waals surface area contributed by atoms with Gasteiger partial charge in [0.25, 0.3) is 0 Å². The summed E-state index contributed by atoms with van der Waals surface area (Å²) in [5, 5.41) is 5.68. The van der Waals surface area contributed by atoms with Crippen LogP contribution in [0.4, 0.5) is 17.1 Å². The Morgan fingerprint density at radius 3 is 2.92 bits per heavy atom. The third-order valence-corrected chi connectivity index (χ3v) is 4.37. The lowest BCUT2D eigenvalue weighted by Gasteiger charge is -2.24. The normalized spacial score (nSPS) is 15.9. The molecule has 1 unspecified atom stereocenters. The van der Waals surface area contributed by atoms with Gasteiger partial charge in [0.05, 0.1) is 18.5 Å². The van der Waals surface area contributed by atoms with Gasteiger partial charge in [0.15, 0.2) is 0 Å². The van der Waals surface area contributed by atoms with Gasteiger partial charge < -0.3 is 21.1 Å². The number of amides is 2. The molecule has 2 amide bonds. The summed E-state index contributed by atoms with van der Waals surface area (Å²) >= 11 is 0. The molecule has 1 aliphatic heterocycles. The highest BCUT2D eigenvalue weighted by atomic mass is 16.5. The molecule has 0 fully saturated rings.